The molecule has 1 aromatic heterocycles. The third-order valence-corrected chi connectivity index (χ3v) is 9.45. The molecule has 4 aromatic carbocycles. The molecule has 1 aliphatic heterocycles. The lowest BCUT2D eigenvalue weighted by Crippen LogP contribution is -2.40. The van der Waals surface area contributed by atoms with Crippen molar-refractivity contribution in [2.24, 2.45) is 4.99 Å². The number of thiazole rings is 1. The molecule has 10 heteroatoms. The molecule has 5 aromatic rings. The number of hydrogen-bond donors (Lipinski definition) is 0. The first kappa shape index (κ1) is 31.3. The van der Waals surface area contributed by atoms with E-state index in [1.54, 1.807) is 37.7 Å². The molecular weight excluding hydrogens is 668 g/mol. The Bertz CT molecular complexity index is 2180. The maximum Gasteiger partial charge on any atom is 0.338 e. The fourth-order valence-electron chi connectivity index (χ4n) is 5.61. The highest BCUT2D eigenvalue weighted by Gasteiger charge is 2.35. The summed E-state index contributed by atoms with van der Waals surface area (Å²) in [6.07, 6.45) is 1.81. The number of ether oxygens (including phenoxy) is 4. The van der Waals surface area contributed by atoms with Crippen LogP contribution in [0.2, 0.25) is 0 Å². The number of aromatic nitrogens is 1. The van der Waals surface area contributed by atoms with Gasteiger partial charge in [-0.15, -0.1) is 0 Å². The van der Waals surface area contributed by atoms with Crippen molar-refractivity contribution >= 4 is 50.1 Å². The smallest absolute Gasteiger partial charge is 0.338 e. The van der Waals surface area contributed by atoms with Gasteiger partial charge in [0.2, 0.25) is 0 Å². The second-order valence-corrected chi connectivity index (χ2v) is 12.4. The number of fused-ring (bicyclic) bond motifs is 2. The molecule has 0 radical (unpaired) electrons. The molecule has 0 fully saturated rings. The second kappa shape index (κ2) is 13.4. The largest absolute Gasteiger partial charge is 0.493 e. The SMILES string of the molecule is CCOC(=O)C1=C(C)N=c2s/c(=C/c3ccccc3OCc3cccc4ccccc34)c(=O)n2[C@H]1c1cc(OC)c(OC)cc1Br. The molecule has 0 spiro atoms. The van der Waals surface area contributed by atoms with Gasteiger partial charge >= 0.3 is 5.97 Å². The minimum Gasteiger partial charge on any atom is -0.493 e. The van der Waals surface area contributed by atoms with E-state index in [0.717, 1.165) is 21.9 Å². The van der Waals surface area contributed by atoms with Crippen LogP contribution in [0.1, 0.15) is 36.6 Å². The van der Waals surface area contributed by atoms with Gasteiger partial charge in [-0.3, -0.25) is 9.36 Å². The summed E-state index contributed by atoms with van der Waals surface area (Å²) in [5.74, 6) is 1.06. The number of halogens is 1. The molecular formula is C36H31BrN2O6S. The molecule has 0 saturated heterocycles. The van der Waals surface area contributed by atoms with E-state index in [1.165, 1.54) is 18.4 Å². The number of benzene rings is 4. The number of rotatable bonds is 9. The Balaban J connectivity index is 1.46. The lowest BCUT2D eigenvalue weighted by Gasteiger charge is -2.26. The van der Waals surface area contributed by atoms with Gasteiger partial charge in [-0.05, 0) is 60.0 Å². The zero-order valence-corrected chi connectivity index (χ0v) is 28.1. The number of para-hydroxylation sites is 1. The molecule has 2 heterocycles. The summed E-state index contributed by atoms with van der Waals surface area (Å²) in [4.78, 5) is 32.8. The number of hydrogen-bond acceptors (Lipinski definition) is 8. The van der Waals surface area contributed by atoms with Crippen molar-refractivity contribution in [3.8, 4) is 17.2 Å². The Morgan fingerprint density at radius 2 is 1.70 bits per heavy atom. The van der Waals surface area contributed by atoms with E-state index in [9.17, 15) is 9.59 Å². The third kappa shape index (κ3) is 5.86. The first-order chi connectivity index (χ1) is 22.3. The first-order valence-electron chi connectivity index (χ1n) is 14.6. The van der Waals surface area contributed by atoms with Gasteiger partial charge in [-0.25, -0.2) is 9.79 Å². The van der Waals surface area contributed by atoms with Crippen LogP contribution < -0.4 is 29.1 Å². The van der Waals surface area contributed by atoms with Gasteiger partial charge in [0, 0.05) is 10.0 Å². The van der Waals surface area contributed by atoms with Gasteiger partial charge in [-0.1, -0.05) is 87.9 Å². The van der Waals surface area contributed by atoms with Gasteiger partial charge < -0.3 is 18.9 Å². The van der Waals surface area contributed by atoms with Crippen LogP contribution in [0.15, 0.2) is 104 Å². The van der Waals surface area contributed by atoms with Crippen LogP contribution in [0.5, 0.6) is 17.2 Å². The molecule has 1 aliphatic rings. The molecule has 1 atom stereocenters. The molecule has 0 aliphatic carbocycles. The van der Waals surface area contributed by atoms with Gasteiger partial charge in [0.1, 0.15) is 12.4 Å². The quantitative estimate of drug-likeness (QED) is 0.168. The van der Waals surface area contributed by atoms with E-state index in [0.29, 0.717) is 48.9 Å². The fourth-order valence-corrected chi connectivity index (χ4v) is 7.19. The topological polar surface area (TPSA) is 88.4 Å². The number of carbonyl (C=O) groups excluding carboxylic acids is 1. The van der Waals surface area contributed by atoms with E-state index in [2.05, 4.69) is 40.2 Å². The summed E-state index contributed by atoms with van der Waals surface area (Å²) in [7, 11) is 3.08. The molecule has 46 heavy (non-hydrogen) atoms. The molecule has 234 valence electrons. The molecule has 0 N–H and O–H groups in total. The van der Waals surface area contributed by atoms with Crippen molar-refractivity contribution in [1.82, 2.24) is 4.57 Å². The highest BCUT2D eigenvalue weighted by atomic mass is 79.9. The summed E-state index contributed by atoms with van der Waals surface area (Å²) in [5.41, 5.74) is 2.88. The summed E-state index contributed by atoms with van der Waals surface area (Å²) in [5, 5.41) is 2.27. The van der Waals surface area contributed by atoms with E-state index in [-0.39, 0.29) is 17.7 Å². The number of nitrogens with zero attached hydrogens (tertiary/aromatic N) is 2. The van der Waals surface area contributed by atoms with Crippen molar-refractivity contribution in [2.75, 3.05) is 20.8 Å². The van der Waals surface area contributed by atoms with E-state index in [1.807, 2.05) is 48.5 Å². The molecule has 8 nitrogen and oxygen atoms in total. The minimum absolute atomic E-state index is 0.176. The van der Waals surface area contributed by atoms with Crippen molar-refractivity contribution in [3.05, 3.63) is 131 Å². The van der Waals surface area contributed by atoms with Crippen LogP contribution in [-0.4, -0.2) is 31.4 Å². The maximum absolute atomic E-state index is 14.3. The van der Waals surface area contributed by atoms with Gasteiger partial charge in [0.05, 0.1) is 42.7 Å². The highest BCUT2D eigenvalue weighted by Crippen LogP contribution is 2.40. The summed E-state index contributed by atoms with van der Waals surface area (Å²) < 4.78 is 25.5. The van der Waals surface area contributed by atoms with Crippen molar-refractivity contribution in [1.29, 1.82) is 0 Å². The average molecular weight is 700 g/mol. The predicted molar refractivity (Wildman–Crippen MR) is 182 cm³/mol. The van der Waals surface area contributed by atoms with Crippen LogP contribution in [0.25, 0.3) is 16.8 Å². The average Bonchev–Trinajstić information content (AvgIpc) is 3.37. The fraction of sp³-hybridized carbons (Fsp3) is 0.194. The van der Waals surface area contributed by atoms with E-state index < -0.39 is 12.0 Å². The van der Waals surface area contributed by atoms with Crippen LogP contribution in [0.3, 0.4) is 0 Å². The Morgan fingerprint density at radius 3 is 2.48 bits per heavy atom. The van der Waals surface area contributed by atoms with Crippen molar-refractivity contribution in [2.45, 2.75) is 26.5 Å². The normalized spacial score (nSPS) is 14.5. The predicted octanol–water partition coefficient (Wildman–Crippen LogP) is 6.31. The van der Waals surface area contributed by atoms with Crippen molar-refractivity contribution in [3.63, 3.8) is 0 Å². The highest BCUT2D eigenvalue weighted by molar-refractivity contribution is 9.10. The lowest BCUT2D eigenvalue weighted by molar-refractivity contribution is -0.139. The van der Waals surface area contributed by atoms with Crippen LogP contribution in [0, 0.1) is 0 Å². The number of esters is 1. The Kier molecular flexibility index (Phi) is 9.10. The lowest BCUT2D eigenvalue weighted by atomic mass is 9.95. The number of methoxy groups -OCH3 is 2. The van der Waals surface area contributed by atoms with Crippen LogP contribution in [-0.2, 0) is 16.1 Å². The zero-order valence-electron chi connectivity index (χ0n) is 25.7. The maximum atomic E-state index is 14.3. The van der Waals surface area contributed by atoms with Crippen LogP contribution in [0.4, 0.5) is 0 Å². The molecule has 0 saturated carbocycles. The van der Waals surface area contributed by atoms with E-state index in [4.69, 9.17) is 23.9 Å². The molecule has 0 bridgehead atoms. The van der Waals surface area contributed by atoms with Gasteiger partial charge in [0.25, 0.3) is 5.56 Å². The Hall–Kier alpha value is -4.67. The summed E-state index contributed by atoms with van der Waals surface area (Å²) in [6.45, 7) is 4.03. The van der Waals surface area contributed by atoms with Crippen molar-refractivity contribution < 1.29 is 23.7 Å². The first-order valence-corrected chi connectivity index (χ1v) is 16.2. The summed E-state index contributed by atoms with van der Waals surface area (Å²) in [6, 6.07) is 24.6. The molecule has 0 amide bonds. The minimum atomic E-state index is -0.829. The van der Waals surface area contributed by atoms with Gasteiger partial charge in [0.15, 0.2) is 16.3 Å². The summed E-state index contributed by atoms with van der Waals surface area (Å²) >= 11 is 4.89. The Labute approximate surface area is 278 Å². The number of carbonyl (C=O) groups is 1. The molecule has 6 rings (SSSR count). The zero-order chi connectivity index (χ0) is 32.4. The third-order valence-electron chi connectivity index (χ3n) is 7.78. The molecule has 0 unspecified atom stereocenters. The monoisotopic (exact) mass is 698 g/mol. The second-order valence-electron chi connectivity index (χ2n) is 10.5. The van der Waals surface area contributed by atoms with E-state index >= 15 is 0 Å². The number of allylic oxidation sites excluding steroid dienone is 1. The Morgan fingerprint density at radius 1 is 0.978 bits per heavy atom. The standard InChI is InChI=1S/C36H31BrN2O6S/c1-5-44-35(41)32-21(2)38-36-39(33(32)26-18-29(42-3)30(43-4)19-27(26)37)34(40)31(46-36)17-23-12-7-9-16-28(23)45-20-24-14-10-13-22-11-6-8-15-25(22)24/h6-19,33H,5,20H2,1-4H3/b31-17+/t33-/m0/s1. The van der Waals surface area contributed by atoms with Gasteiger partial charge in [-0.2, -0.15) is 0 Å². The van der Waals surface area contributed by atoms with Crippen LogP contribution >= 0.6 is 27.3 Å².